The minimum absolute atomic E-state index is 0.0566. The van der Waals surface area contributed by atoms with E-state index in [-0.39, 0.29) is 16.8 Å². The highest BCUT2D eigenvalue weighted by Gasteiger charge is 2.35. The first-order valence-electron chi connectivity index (χ1n) is 30.2. The Balaban J connectivity index is 0.950. The van der Waals surface area contributed by atoms with E-state index in [1.54, 1.807) is 18.2 Å². The molecule has 434 valence electrons. The molecule has 0 aliphatic carbocycles. The van der Waals surface area contributed by atoms with Crippen molar-refractivity contribution in [2.45, 2.75) is 6.18 Å². The van der Waals surface area contributed by atoms with E-state index in [2.05, 4.69) is 111 Å². The molecule has 0 bridgehead atoms. The zero-order valence-corrected chi connectivity index (χ0v) is 49.1. The van der Waals surface area contributed by atoms with Crippen molar-refractivity contribution in [1.82, 2.24) is 29.1 Å². The van der Waals surface area contributed by atoms with Crippen LogP contribution in [0.3, 0.4) is 0 Å². The predicted octanol–water partition coefficient (Wildman–Crippen LogP) is 22.0. The third kappa shape index (κ3) is 9.91. The molecule has 0 fully saturated rings. The molecular formula is C82H50F3N7. The van der Waals surface area contributed by atoms with Gasteiger partial charge in [0.2, 0.25) is 0 Å². The fraction of sp³-hybridized carbons (Fsp3) is 0.0122. The van der Waals surface area contributed by atoms with Crippen molar-refractivity contribution in [3.63, 3.8) is 0 Å². The highest BCUT2D eigenvalue weighted by Crippen LogP contribution is 2.48. The van der Waals surface area contributed by atoms with Gasteiger partial charge in [-0.1, -0.05) is 188 Å². The lowest BCUT2D eigenvalue weighted by Gasteiger charge is -2.21. The number of hydrogen-bond donors (Lipinski definition) is 0. The third-order valence-corrected chi connectivity index (χ3v) is 17.4. The van der Waals surface area contributed by atoms with E-state index in [0.29, 0.717) is 11.4 Å². The van der Waals surface area contributed by atoms with Crippen molar-refractivity contribution in [2.24, 2.45) is 0 Å². The quantitative estimate of drug-likeness (QED) is 0.121. The van der Waals surface area contributed by atoms with E-state index < -0.39 is 11.7 Å². The van der Waals surface area contributed by atoms with E-state index in [4.69, 9.17) is 26.5 Å². The first-order chi connectivity index (χ1) is 45.2. The number of nitrogens with zero attached hydrogens (tertiary/aromatic N) is 7. The number of benzene rings is 10. The van der Waals surface area contributed by atoms with Crippen LogP contribution in [0.4, 0.5) is 18.9 Å². The lowest BCUT2D eigenvalue weighted by molar-refractivity contribution is -0.137. The summed E-state index contributed by atoms with van der Waals surface area (Å²) in [5, 5.41) is 3.62. The average Bonchev–Trinajstić information content (AvgIpc) is 1.53. The number of rotatable bonds is 11. The van der Waals surface area contributed by atoms with Crippen LogP contribution in [0.15, 0.2) is 304 Å². The van der Waals surface area contributed by atoms with E-state index in [0.717, 1.165) is 139 Å². The van der Waals surface area contributed by atoms with Gasteiger partial charge in [0, 0.05) is 90.8 Å². The van der Waals surface area contributed by atoms with Crippen molar-refractivity contribution < 1.29 is 13.2 Å². The van der Waals surface area contributed by atoms with Gasteiger partial charge in [-0.15, -0.1) is 0 Å². The minimum Gasteiger partial charge on any atom is -0.308 e. The summed E-state index contributed by atoms with van der Waals surface area (Å²) in [4.78, 5) is 23.8. The van der Waals surface area contributed by atoms with Crippen LogP contribution in [0.2, 0.25) is 0 Å². The number of alkyl halides is 3. The number of pyridine rings is 4. The first-order valence-corrected chi connectivity index (χ1v) is 30.2. The predicted molar refractivity (Wildman–Crippen MR) is 366 cm³/mol. The molecule has 0 N–H and O–H groups in total. The Labute approximate surface area is 527 Å². The average molecular weight is 1190 g/mol. The van der Waals surface area contributed by atoms with Crippen molar-refractivity contribution >= 4 is 49.3 Å². The van der Waals surface area contributed by atoms with Gasteiger partial charge < -0.3 is 9.13 Å². The van der Waals surface area contributed by atoms with E-state index in [9.17, 15) is 0 Å². The van der Waals surface area contributed by atoms with Gasteiger partial charge in [-0.2, -0.15) is 13.2 Å². The van der Waals surface area contributed by atoms with Crippen LogP contribution in [0.1, 0.15) is 5.56 Å². The fourth-order valence-corrected chi connectivity index (χ4v) is 12.9. The molecule has 92 heavy (non-hydrogen) atoms. The number of aromatic nitrogens is 6. The SMILES string of the molecule is [C-]#[N+]c1cc(-n2c3ccc(-c4ccc(-c5ccccc5)nc4)cc3c3cc(-c4ccc(-c5ccccc5)nc4)ccc32)c(-n2c3ccc(-c4ccc(-c5ccccc5)nc4)cc3c3cc(-c4ccc(-c5ccccc5)nc4)ccc32)cc1-c1ccccc1C(F)(F)F. The molecule has 0 amide bonds. The molecule has 0 radical (unpaired) electrons. The van der Waals surface area contributed by atoms with Gasteiger partial charge in [-0.3, -0.25) is 19.9 Å². The molecule has 7 nitrogen and oxygen atoms in total. The van der Waals surface area contributed by atoms with Gasteiger partial charge in [0.05, 0.1) is 68.4 Å². The monoisotopic (exact) mass is 1190 g/mol. The van der Waals surface area contributed by atoms with E-state index >= 15 is 13.2 Å². The van der Waals surface area contributed by atoms with Gasteiger partial charge in [-0.25, -0.2) is 4.85 Å². The maximum atomic E-state index is 15.4. The topological polar surface area (TPSA) is 65.8 Å². The van der Waals surface area contributed by atoms with Gasteiger partial charge in [0.25, 0.3) is 0 Å². The Bertz CT molecular complexity index is 5230. The van der Waals surface area contributed by atoms with Gasteiger partial charge in [0.1, 0.15) is 0 Å². The maximum absolute atomic E-state index is 15.4. The molecule has 16 aromatic rings. The Kier molecular flexibility index (Phi) is 13.6. The lowest BCUT2D eigenvalue weighted by atomic mass is 9.96. The molecule has 0 unspecified atom stereocenters. The van der Waals surface area contributed by atoms with Gasteiger partial charge in [0.15, 0.2) is 5.69 Å². The highest BCUT2D eigenvalue weighted by atomic mass is 19.4. The molecule has 0 atom stereocenters. The summed E-state index contributed by atoms with van der Waals surface area (Å²) in [5.41, 5.74) is 18.5. The second-order valence-electron chi connectivity index (χ2n) is 22.8. The second-order valence-corrected chi connectivity index (χ2v) is 22.8. The Morgan fingerprint density at radius 1 is 0.283 bits per heavy atom. The van der Waals surface area contributed by atoms with Crippen molar-refractivity contribution in [2.75, 3.05) is 0 Å². The van der Waals surface area contributed by atoms with Crippen molar-refractivity contribution in [1.29, 1.82) is 0 Å². The largest absolute Gasteiger partial charge is 0.416 e. The van der Waals surface area contributed by atoms with E-state index in [1.165, 1.54) is 12.1 Å². The zero-order chi connectivity index (χ0) is 61.9. The molecule has 0 saturated carbocycles. The Hall–Kier alpha value is -12.3. The summed E-state index contributed by atoms with van der Waals surface area (Å²) < 4.78 is 50.5. The molecule has 10 aromatic carbocycles. The molecule has 0 aliphatic rings. The van der Waals surface area contributed by atoms with E-state index in [1.807, 2.05) is 170 Å². The van der Waals surface area contributed by atoms with Crippen LogP contribution in [-0.2, 0) is 6.18 Å². The normalized spacial score (nSPS) is 11.6. The fourth-order valence-electron chi connectivity index (χ4n) is 12.9. The van der Waals surface area contributed by atoms with Crippen LogP contribution in [-0.4, -0.2) is 29.1 Å². The van der Waals surface area contributed by atoms with Crippen LogP contribution >= 0.6 is 0 Å². The summed E-state index contributed by atoms with van der Waals surface area (Å²) in [6.45, 7) is 8.84. The zero-order valence-electron chi connectivity index (χ0n) is 49.1. The number of hydrogen-bond acceptors (Lipinski definition) is 4. The van der Waals surface area contributed by atoms with Gasteiger partial charge >= 0.3 is 6.18 Å². The summed E-state index contributed by atoms with van der Waals surface area (Å²) >= 11 is 0. The summed E-state index contributed by atoms with van der Waals surface area (Å²) in [6, 6.07) is 91.2. The number of fused-ring (bicyclic) bond motifs is 6. The Morgan fingerprint density at radius 3 is 0.870 bits per heavy atom. The summed E-state index contributed by atoms with van der Waals surface area (Å²) in [5.74, 6) is 0. The minimum atomic E-state index is -4.73. The van der Waals surface area contributed by atoms with Crippen LogP contribution in [0, 0.1) is 6.57 Å². The lowest BCUT2D eigenvalue weighted by Crippen LogP contribution is -2.08. The second kappa shape index (κ2) is 22.7. The molecule has 0 spiro atoms. The third-order valence-electron chi connectivity index (χ3n) is 17.4. The summed E-state index contributed by atoms with van der Waals surface area (Å²) in [7, 11) is 0. The highest BCUT2D eigenvalue weighted by molar-refractivity contribution is 6.14. The van der Waals surface area contributed by atoms with Gasteiger partial charge in [-0.05, 0) is 124 Å². The maximum Gasteiger partial charge on any atom is 0.416 e. The number of halogens is 3. The molecule has 0 saturated heterocycles. The molecule has 16 rings (SSSR count). The first kappa shape index (κ1) is 55.0. The van der Waals surface area contributed by atoms with Crippen LogP contribution < -0.4 is 0 Å². The Morgan fingerprint density at radius 2 is 0.576 bits per heavy atom. The van der Waals surface area contributed by atoms with Crippen LogP contribution in [0.5, 0.6) is 0 Å². The summed E-state index contributed by atoms with van der Waals surface area (Å²) in [6.07, 6.45) is 2.86. The molecule has 0 aliphatic heterocycles. The smallest absolute Gasteiger partial charge is 0.308 e. The van der Waals surface area contributed by atoms with Crippen molar-refractivity contribution in [3.8, 4) is 112 Å². The van der Waals surface area contributed by atoms with Crippen molar-refractivity contribution in [3.05, 3.63) is 321 Å². The molecule has 6 aromatic heterocycles. The van der Waals surface area contributed by atoms with Crippen LogP contribution in [0.25, 0.3) is 160 Å². The standard InChI is InChI=1S/C82H50F3N7/c1-86-75-47-81(92-78-40-32-58(62-28-36-73(89-50-62)54-20-10-4-11-21-54)44-68(78)69-45-59(33-41-79(69)92)63-29-37-74(90-51-63)55-22-12-5-13-23-55)80(46-65(75)64-24-14-15-25-70(64)82(83,84)85)91-76-38-30-56(60-26-34-71(87-48-60)52-16-6-2-7-17-52)42-66(76)67-43-57(31-39-77(67)91)61-27-35-72(88-49-61)53-18-8-3-9-19-53/h2-51H. The molecule has 10 heteroatoms. The molecule has 6 heterocycles. The molecular weight excluding hydrogens is 1140 g/mol.